The van der Waals surface area contributed by atoms with Gasteiger partial charge in [-0.3, -0.25) is 14.3 Å². The van der Waals surface area contributed by atoms with Gasteiger partial charge in [-0.15, -0.1) is 0 Å². The summed E-state index contributed by atoms with van der Waals surface area (Å²) in [7, 11) is 1.78. The Kier molecular flexibility index (Phi) is 5.30. The van der Waals surface area contributed by atoms with Crippen LogP contribution >= 0.6 is 0 Å². The summed E-state index contributed by atoms with van der Waals surface area (Å²) < 4.78 is 1.63. The second kappa shape index (κ2) is 6.54. The van der Waals surface area contributed by atoms with Crippen LogP contribution in [-0.2, 0) is 16.6 Å². The van der Waals surface area contributed by atoms with Crippen LogP contribution in [0.25, 0.3) is 0 Å². The maximum atomic E-state index is 11.8. The molecule has 1 heterocycles. The molecule has 0 bridgehead atoms. The van der Waals surface area contributed by atoms with Gasteiger partial charge < -0.3 is 10.6 Å². The lowest BCUT2D eigenvalue weighted by Gasteiger charge is -2.17. The molecule has 0 radical (unpaired) electrons. The summed E-state index contributed by atoms with van der Waals surface area (Å²) >= 11 is 0. The molecule has 0 aliphatic heterocycles. The van der Waals surface area contributed by atoms with E-state index in [1.807, 2.05) is 33.8 Å². The van der Waals surface area contributed by atoms with Crippen LogP contribution < -0.4 is 10.6 Å². The largest absolute Gasteiger partial charge is 0.356 e. The smallest absolute Gasteiger partial charge is 0.225 e. The number of hydrogen-bond donors (Lipinski definition) is 2. The molecule has 2 amide bonds. The Morgan fingerprint density at radius 2 is 2.00 bits per heavy atom. The van der Waals surface area contributed by atoms with Crippen molar-refractivity contribution in [3.63, 3.8) is 0 Å². The summed E-state index contributed by atoms with van der Waals surface area (Å²) in [5.74, 6) is 0.615. The summed E-state index contributed by atoms with van der Waals surface area (Å²) in [6.07, 6.45) is 0.985. The first-order valence-corrected chi connectivity index (χ1v) is 6.79. The minimum Gasteiger partial charge on any atom is -0.356 e. The number of aryl methyl sites for hydroxylation is 2. The van der Waals surface area contributed by atoms with Crippen LogP contribution in [0.5, 0.6) is 0 Å². The summed E-state index contributed by atoms with van der Waals surface area (Å²) in [5, 5.41) is 9.77. The van der Waals surface area contributed by atoms with Crippen molar-refractivity contribution < 1.29 is 9.59 Å². The molecular weight excluding hydrogens is 256 g/mol. The third kappa shape index (κ3) is 5.03. The van der Waals surface area contributed by atoms with Crippen LogP contribution in [0.4, 0.5) is 5.82 Å². The SMILES string of the molecule is Cc1cc(NC(=O)CCCNC(=O)C(C)(C)C)n(C)n1. The molecule has 0 aliphatic carbocycles. The van der Waals surface area contributed by atoms with Crippen LogP contribution in [0, 0.1) is 12.3 Å². The highest BCUT2D eigenvalue weighted by molar-refractivity contribution is 5.89. The third-order valence-electron chi connectivity index (χ3n) is 2.82. The van der Waals surface area contributed by atoms with Crippen molar-refractivity contribution in [2.24, 2.45) is 12.5 Å². The maximum absolute atomic E-state index is 11.8. The van der Waals surface area contributed by atoms with E-state index in [1.54, 1.807) is 11.7 Å². The second-order valence-corrected chi connectivity index (χ2v) is 5.95. The first-order chi connectivity index (χ1) is 9.20. The number of nitrogens with zero attached hydrogens (tertiary/aromatic N) is 2. The molecule has 1 aromatic rings. The monoisotopic (exact) mass is 280 g/mol. The van der Waals surface area contributed by atoms with E-state index < -0.39 is 5.41 Å². The highest BCUT2D eigenvalue weighted by atomic mass is 16.2. The number of carbonyl (C=O) groups excluding carboxylic acids is 2. The van der Waals surface area contributed by atoms with E-state index in [2.05, 4.69) is 15.7 Å². The molecule has 20 heavy (non-hydrogen) atoms. The molecule has 0 atom stereocenters. The fourth-order valence-electron chi connectivity index (χ4n) is 1.65. The highest BCUT2D eigenvalue weighted by Crippen LogP contribution is 2.12. The minimum absolute atomic E-state index is 0.000155. The van der Waals surface area contributed by atoms with Gasteiger partial charge in [-0.2, -0.15) is 5.10 Å². The topological polar surface area (TPSA) is 76.0 Å². The van der Waals surface area contributed by atoms with Crippen molar-refractivity contribution in [1.29, 1.82) is 0 Å². The lowest BCUT2D eigenvalue weighted by molar-refractivity contribution is -0.128. The molecule has 0 fully saturated rings. The fourth-order valence-corrected chi connectivity index (χ4v) is 1.65. The average Bonchev–Trinajstić information content (AvgIpc) is 2.61. The van der Waals surface area contributed by atoms with Crippen molar-refractivity contribution in [3.8, 4) is 0 Å². The van der Waals surface area contributed by atoms with Gasteiger partial charge in [-0.25, -0.2) is 0 Å². The molecule has 6 heteroatoms. The predicted octanol–water partition coefficient (Wildman–Crippen LogP) is 1.61. The molecule has 0 spiro atoms. The molecule has 112 valence electrons. The van der Waals surface area contributed by atoms with Gasteiger partial charge in [-0.1, -0.05) is 20.8 Å². The Morgan fingerprint density at radius 1 is 1.35 bits per heavy atom. The van der Waals surface area contributed by atoms with E-state index in [9.17, 15) is 9.59 Å². The molecular formula is C14H24N4O2. The van der Waals surface area contributed by atoms with Gasteiger partial charge in [0.05, 0.1) is 5.69 Å². The summed E-state index contributed by atoms with van der Waals surface area (Å²) in [6, 6.07) is 1.82. The van der Waals surface area contributed by atoms with Gasteiger partial charge in [0.2, 0.25) is 11.8 Å². The Balaban J connectivity index is 2.28. The van der Waals surface area contributed by atoms with Crippen molar-refractivity contribution in [3.05, 3.63) is 11.8 Å². The Labute approximate surface area is 119 Å². The van der Waals surface area contributed by atoms with Crippen molar-refractivity contribution in [2.75, 3.05) is 11.9 Å². The van der Waals surface area contributed by atoms with Gasteiger partial charge >= 0.3 is 0 Å². The zero-order valence-corrected chi connectivity index (χ0v) is 12.9. The van der Waals surface area contributed by atoms with Crippen molar-refractivity contribution in [1.82, 2.24) is 15.1 Å². The van der Waals surface area contributed by atoms with E-state index in [1.165, 1.54) is 0 Å². The number of hydrogen-bond acceptors (Lipinski definition) is 3. The number of anilines is 1. The third-order valence-corrected chi connectivity index (χ3v) is 2.82. The summed E-state index contributed by atoms with van der Waals surface area (Å²) in [5.41, 5.74) is 0.467. The Bertz CT molecular complexity index is 486. The second-order valence-electron chi connectivity index (χ2n) is 5.95. The van der Waals surface area contributed by atoms with Gasteiger partial charge in [0.1, 0.15) is 5.82 Å². The molecule has 0 aliphatic rings. The van der Waals surface area contributed by atoms with Crippen LogP contribution in [-0.4, -0.2) is 28.1 Å². The Hall–Kier alpha value is -1.85. The van der Waals surface area contributed by atoms with Crippen LogP contribution in [0.15, 0.2) is 6.07 Å². The van der Waals surface area contributed by atoms with E-state index in [0.29, 0.717) is 25.2 Å². The van der Waals surface area contributed by atoms with Crippen molar-refractivity contribution in [2.45, 2.75) is 40.5 Å². The zero-order chi connectivity index (χ0) is 15.3. The molecule has 1 rings (SSSR count). The first kappa shape index (κ1) is 16.2. The molecule has 1 aromatic heterocycles. The van der Waals surface area contributed by atoms with Gasteiger partial charge in [0.25, 0.3) is 0 Å². The predicted molar refractivity (Wildman–Crippen MR) is 78.3 cm³/mol. The quantitative estimate of drug-likeness (QED) is 0.805. The molecule has 0 unspecified atom stereocenters. The molecule has 6 nitrogen and oxygen atoms in total. The van der Waals surface area contributed by atoms with E-state index in [0.717, 1.165) is 5.69 Å². The number of rotatable bonds is 5. The minimum atomic E-state index is -0.394. The zero-order valence-electron chi connectivity index (χ0n) is 12.9. The molecule has 0 aromatic carbocycles. The first-order valence-electron chi connectivity index (χ1n) is 6.79. The normalized spacial score (nSPS) is 11.2. The van der Waals surface area contributed by atoms with Crippen LogP contribution in [0.2, 0.25) is 0 Å². The molecule has 2 N–H and O–H groups in total. The number of nitrogens with one attached hydrogen (secondary N) is 2. The van der Waals surface area contributed by atoms with E-state index in [4.69, 9.17) is 0 Å². The fraction of sp³-hybridized carbons (Fsp3) is 0.643. The van der Waals surface area contributed by atoms with Gasteiger partial charge in [-0.05, 0) is 13.3 Å². The maximum Gasteiger partial charge on any atom is 0.225 e. The van der Waals surface area contributed by atoms with Crippen LogP contribution in [0.3, 0.4) is 0 Å². The van der Waals surface area contributed by atoms with E-state index >= 15 is 0 Å². The molecule has 0 saturated heterocycles. The lowest BCUT2D eigenvalue weighted by Crippen LogP contribution is -2.35. The summed E-state index contributed by atoms with van der Waals surface area (Å²) in [4.78, 5) is 23.4. The van der Waals surface area contributed by atoms with E-state index in [-0.39, 0.29) is 11.8 Å². The lowest BCUT2D eigenvalue weighted by atomic mass is 9.96. The summed E-state index contributed by atoms with van der Waals surface area (Å²) in [6.45, 7) is 7.96. The van der Waals surface area contributed by atoms with Gasteiger partial charge in [0, 0.05) is 31.5 Å². The van der Waals surface area contributed by atoms with Crippen LogP contribution in [0.1, 0.15) is 39.3 Å². The number of carbonyl (C=O) groups is 2. The average molecular weight is 280 g/mol. The van der Waals surface area contributed by atoms with Gasteiger partial charge in [0.15, 0.2) is 0 Å². The Morgan fingerprint density at radius 3 is 2.50 bits per heavy atom. The standard InChI is InChI=1S/C14H24N4O2/c1-10-9-11(18(5)17-10)16-12(19)7-6-8-15-13(20)14(2,3)4/h9H,6-8H2,1-5H3,(H,15,20)(H,16,19). The number of amides is 2. The van der Waals surface area contributed by atoms with Crippen molar-refractivity contribution >= 4 is 17.6 Å². The molecule has 0 saturated carbocycles. The highest BCUT2D eigenvalue weighted by Gasteiger charge is 2.20. The number of aromatic nitrogens is 2.